The highest BCUT2D eigenvalue weighted by Crippen LogP contribution is 2.30. The zero-order chi connectivity index (χ0) is 21.3. The van der Waals surface area contributed by atoms with Crippen molar-refractivity contribution in [3.05, 3.63) is 49.7 Å². The van der Waals surface area contributed by atoms with Crippen molar-refractivity contribution in [1.29, 1.82) is 0 Å². The molecule has 1 aliphatic rings. The van der Waals surface area contributed by atoms with Gasteiger partial charge in [-0.15, -0.1) is 0 Å². The van der Waals surface area contributed by atoms with Crippen molar-refractivity contribution in [2.75, 3.05) is 6.61 Å². The van der Waals surface area contributed by atoms with Gasteiger partial charge in [0.25, 0.3) is 0 Å². The van der Waals surface area contributed by atoms with E-state index in [0.29, 0.717) is 0 Å². The van der Waals surface area contributed by atoms with E-state index < -0.39 is 43.3 Å². The number of hydrogen-bond donors (Lipinski definition) is 1. The number of carbonyl (C=O) groups excluding carboxylic acids is 1. The average molecular weight is 404 g/mol. The molecule has 1 N–H and O–H groups in total. The van der Waals surface area contributed by atoms with Crippen LogP contribution in [0.3, 0.4) is 0 Å². The van der Waals surface area contributed by atoms with Crippen LogP contribution in [0.1, 0.15) is 22.2 Å². The molecule has 0 saturated carbocycles. The van der Waals surface area contributed by atoms with Gasteiger partial charge in [-0.2, -0.15) is 14.7 Å². The normalized spacial score (nSPS) is 26.6. The van der Waals surface area contributed by atoms with Crippen LogP contribution in [-0.2, 0) is 43.6 Å². The summed E-state index contributed by atoms with van der Waals surface area (Å²) in [6, 6.07) is 0. The number of aliphatic hydroxyl groups excluding tert-OH is 1. The molecule has 0 aromatic heterocycles. The lowest BCUT2D eigenvalue weighted by molar-refractivity contribution is -0.472. The lowest BCUT2D eigenvalue weighted by Gasteiger charge is -2.42. The van der Waals surface area contributed by atoms with Gasteiger partial charge < -0.3 is 29.2 Å². The molecule has 0 bridgehead atoms. The Morgan fingerprint density at radius 2 is 1.46 bits per heavy atom. The summed E-state index contributed by atoms with van der Waals surface area (Å²) in [6.07, 6.45) is -5.00. The van der Waals surface area contributed by atoms with E-state index in [9.17, 15) is 9.90 Å². The fourth-order valence-electron chi connectivity index (χ4n) is 2.04. The molecule has 28 heavy (non-hydrogen) atoms. The molecular weight excluding hydrogens is 376 g/mol. The quantitative estimate of drug-likeness (QED) is 0.171. The van der Waals surface area contributed by atoms with Gasteiger partial charge in [0.05, 0.1) is 6.61 Å². The predicted octanol–water partition coefficient (Wildman–Crippen LogP) is 2.23. The highest BCUT2D eigenvalue weighted by Gasteiger charge is 2.53. The summed E-state index contributed by atoms with van der Waals surface area (Å²) in [4.78, 5) is 42.4. The molecule has 0 radical (unpaired) electrons. The Hall–Kier alpha value is -2.37. The van der Waals surface area contributed by atoms with Gasteiger partial charge in [-0.3, -0.25) is 0 Å². The molecule has 1 saturated heterocycles. The second-order valence-electron chi connectivity index (χ2n) is 5.91. The van der Waals surface area contributed by atoms with E-state index in [1.54, 1.807) is 6.92 Å². The summed E-state index contributed by atoms with van der Waals surface area (Å²) >= 11 is 0. The van der Waals surface area contributed by atoms with Crippen LogP contribution >= 0.6 is 0 Å². The van der Waals surface area contributed by atoms with Gasteiger partial charge in [-0.1, -0.05) is 26.3 Å². The average Bonchev–Trinajstić information content (AvgIpc) is 2.63. The third-order valence-corrected chi connectivity index (χ3v) is 3.08. The Balaban J connectivity index is 0.00000784. The molecule has 0 aromatic rings. The van der Waals surface area contributed by atoms with Crippen molar-refractivity contribution in [2.24, 2.45) is 0 Å². The van der Waals surface area contributed by atoms with Crippen molar-refractivity contribution in [3.8, 4) is 0 Å². The molecule has 0 aromatic carbocycles. The number of rotatable bonds is 12. The number of ether oxygens (including phenoxy) is 2. The number of carbonyl (C=O) groups is 1. The highest BCUT2D eigenvalue weighted by atomic mass is 17.3. The van der Waals surface area contributed by atoms with Crippen LogP contribution in [-0.4, -0.2) is 48.4 Å². The van der Waals surface area contributed by atoms with E-state index in [1.807, 2.05) is 0 Å². The Labute approximate surface area is 164 Å². The second-order valence-corrected chi connectivity index (χ2v) is 5.91. The Morgan fingerprint density at radius 1 is 0.964 bits per heavy atom. The fourth-order valence-corrected chi connectivity index (χ4v) is 2.04. The number of hydrogen-bond acceptors (Lipinski definition) is 10. The SMILES string of the molecule is C=CC(=O)OC1C(CO)OC(OOC(=C)C)C(OOC(=C)C)C1OOC(=C)C.[HH]. The molecule has 5 unspecified atom stereocenters. The lowest BCUT2D eigenvalue weighted by atomic mass is 9.99. The van der Waals surface area contributed by atoms with E-state index in [0.717, 1.165) is 6.08 Å². The zero-order valence-electron chi connectivity index (χ0n) is 16.1. The zero-order valence-corrected chi connectivity index (χ0v) is 16.1. The summed E-state index contributed by atoms with van der Waals surface area (Å²) in [5, 5.41) is 9.69. The van der Waals surface area contributed by atoms with E-state index >= 15 is 0 Å². The molecule has 160 valence electrons. The monoisotopic (exact) mass is 404 g/mol. The summed E-state index contributed by atoms with van der Waals surface area (Å²) < 4.78 is 10.8. The molecule has 1 heterocycles. The van der Waals surface area contributed by atoms with Crippen LogP contribution in [0.5, 0.6) is 0 Å². The minimum Gasteiger partial charge on any atom is -0.453 e. The molecule has 1 fully saturated rings. The lowest BCUT2D eigenvalue weighted by Crippen LogP contribution is -2.62. The smallest absolute Gasteiger partial charge is 0.330 e. The van der Waals surface area contributed by atoms with Gasteiger partial charge in [-0.25, -0.2) is 4.79 Å². The standard InChI is InChI=1S/C18H26O10.H2/c1-8-14(20)22-15-13(9-19)21-18(28-25-12(6)7)17(27-24-11(4)5)16(15)26-23-10(2)3;/h8,13,15-19H,1-2,4,6,9H2,3,5,7H3;1H. The van der Waals surface area contributed by atoms with Crippen LogP contribution in [0.2, 0.25) is 0 Å². The predicted molar refractivity (Wildman–Crippen MR) is 96.5 cm³/mol. The molecular formula is C18H28O10. The number of allylic oxidation sites excluding steroid dienone is 3. The first-order valence-corrected chi connectivity index (χ1v) is 8.25. The summed E-state index contributed by atoms with van der Waals surface area (Å²) in [5.41, 5.74) is 0. The van der Waals surface area contributed by atoms with E-state index in [1.165, 1.54) is 13.8 Å². The van der Waals surface area contributed by atoms with Crippen molar-refractivity contribution >= 4 is 5.97 Å². The van der Waals surface area contributed by atoms with Crippen molar-refractivity contribution in [1.82, 2.24) is 0 Å². The van der Waals surface area contributed by atoms with Gasteiger partial charge >= 0.3 is 5.97 Å². The molecule has 0 spiro atoms. The molecule has 0 amide bonds. The molecule has 5 atom stereocenters. The molecule has 1 aliphatic heterocycles. The van der Waals surface area contributed by atoms with Crippen LogP contribution in [0.4, 0.5) is 0 Å². The van der Waals surface area contributed by atoms with E-state index in [4.69, 9.17) is 38.8 Å². The summed E-state index contributed by atoms with van der Waals surface area (Å²) in [5.74, 6) is -0.146. The largest absolute Gasteiger partial charge is 0.453 e. The van der Waals surface area contributed by atoms with Gasteiger partial charge in [0.15, 0.2) is 18.3 Å². The first-order chi connectivity index (χ1) is 13.2. The highest BCUT2D eigenvalue weighted by molar-refractivity contribution is 5.81. The van der Waals surface area contributed by atoms with Gasteiger partial charge in [0.2, 0.25) is 6.29 Å². The number of aliphatic hydroxyl groups is 1. The van der Waals surface area contributed by atoms with Crippen LogP contribution in [0, 0.1) is 0 Å². The summed E-state index contributed by atoms with van der Waals surface area (Å²) in [7, 11) is 0. The maximum atomic E-state index is 11.7. The minimum absolute atomic E-state index is 0. The minimum atomic E-state index is -1.29. The molecule has 0 aliphatic carbocycles. The van der Waals surface area contributed by atoms with E-state index in [2.05, 4.69) is 26.3 Å². The first-order valence-electron chi connectivity index (χ1n) is 8.25. The maximum absolute atomic E-state index is 11.7. The third-order valence-electron chi connectivity index (χ3n) is 3.08. The Kier molecular flexibility index (Phi) is 9.69. The van der Waals surface area contributed by atoms with Crippen molar-refractivity contribution in [3.63, 3.8) is 0 Å². The van der Waals surface area contributed by atoms with Gasteiger partial charge in [-0.05, 0) is 20.8 Å². The Morgan fingerprint density at radius 3 is 1.93 bits per heavy atom. The Bertz CT molecular complexity index is 593. The van der Waals surface area contributed by atoms with Crippen LogP contribution in [0.25, 0.3) is 0 Å². The van der Waals surface area contributed by atoms with Crippen molar-refractivity contribution < 1.29 is 50.1 Å². The number of esters is 1. The van der Waals surface area contributed by atoms with Gasteiger partial charge in [0.1, 0.15) is 23.4 Å². The third kappa shape index (κ3) is 7.33. The van der Waals surface area contributed by atoms with Crippen LogP contribution < -0.4 is 0 Å². The summed E-state index contributed by atoms with van der Waals surface area (Å²) in [6.45, 7) is 18.0. The fraction of sp³-hybridized carbons (Fsp3) is 0.500. The van der Waals surface area contributed by atoms with Gasteiger partial charge in [0, 0.05) is 7.50 Å². The molecule has 1 rings (SSSR count). The second kappa shape index (κ2) is 11.5. The van der Waals surface area contributed by atoms with Crippen LogP contribution in [0.15, 0.2) is 49.7 Å². The topological polar surface area (TPSA) is 111 Å². The molecule has 10 heteroatoms. The van der Waals surface area contributed by atoms with E-state index in [-0.39, 0.29) is 18.7 Å². The van der Waals surface area contributed by atoms with Crippen molar-refractivity contribution in [2.45, 2.75) is 51.5 Å². The maximum Gasteiger partial charge on any atom is 0.330 e. The first kappa shape index (κ1) is 23.7. The molecule has 10 nitrogen and oxygen atoms in total.